The van der Waals surface area contributed by atoms with Crippen molar-refractivity contribution >= 4 is 39.7 Å². The number of morpholine rings is 1. The second-order valence-electron chi connectivity index (χ2n) is 7.91. The molecule has 0 unspecified atom stereocenters. The number of aromatic nitrogens is 3. The van der Waals surface area contributed by atoms with Gasteiger partial charge in [-0.2, -0.15) is 5.10 Å². The first-order chi connectivity index (χ1) is 17.0. The lowest BCUT2D eigenvalue weighted by Gasteiger charge is -2.29. The van der Waals surface area contributed by atoms with Gasteiger partial charge in [0.2, 0.25) is 5.91 Å². The van der Waals surface area contributed by atoms with Gasteiger partial charge in [0.15, 0.2) is 11.6 Å². The Morgan fingerprint density at radius 1 is 1.09 bits per heavy atom. The first kappa shape index (κ1) is 22.5. The molecule has 2 aromatic heterocycles. The summed E-state index contributed by atoms with van der Waals surface area (Å²) in [5.41, 5.74) is 2.17. The average molecular weight is 476 g/mol. The van der Waals surface area contributed by atoms with Crippen molar-refractivity contribution < 1.29 is 18.3 Å². The Labute approximate surface area is 199 Å². The van der Waals surface area contributed by atoms with Gasteiger partial charge in [-0.25, -0.2) is 18.4 Å². The molecule has 0 saturated carbocycles. The van der Waals surface area contributed by atoms with Crippen LogP contribution in [0.3, 0.4) is 0 Å². The Kier molecular flexibility index (Phi) is 6.11. The molecule has 3 heterocycles. The lowest BCUT2D eigenvalue weighted by atomic mass is 10.2. The minimum atomic E-state index is -0.977. The van der Waals surface area contributed by atoms with Gasteiger partial charge in [0, 0.05) is 36.4 Å². The van der Waals surface area contributed by atoms with E-state index < -0.39 is 11.6 Å². The molecular formula is C25H22F2N6O2. The molecule has 0 aliphatic carbocycles. The standard InChI is InChI=1S/C25H22F2N6O2/c1-2-23(34)30-17-4-3-5-18(12-17)33-21-13-22(28-14-16(21)15-29-33)31-19-6-7-20(25(27)24(19)26)32-8-10-35-11-9-32/h2-7,12-15H,1,8-11H2,(H,28,31)(H,30,34). The quantitative estimate of drug-likeness (QED) is 0.401. The van der Waals surface area contributed by atoms with Crippen LogP contribution in [-0.4, -0.2) is 47.0 Å². The summed E-state index contributed by atoms with van der Waals surface area (Å²) in [6, 6.07) is 11.9. The number of carbonyl (C=O) groups is 1. The maximum Gasteiger partial charge on any atom is 0.247 e. The number of ether oxygens (including phenoxy) is 1. The van der Waals surface area contributed by atoms with E-state index in [-0.39, 0.29) is 17.3 Å². The van der Waals surface area contributed by atoms with E-state index in [0.717, 1.165) is 5.39 Å². The molecular weight excluding hydrogens is 454 g/mol. The minimum Gasteiger partial charge on any atom is -0.378 e. The molecule has 0 atom stereocenters. The minimum absolute atomic E-state index is 0.0217. The molecule has 1 aliphatic heterocycles. The van der Waals surface area contributed by atoms with Gasteiger partial charge in [0.05, 0.1) is 42.0 Å². The van der Waals surface area contributed by atoms with Crippen LogP contribution < -0.4 is 15.5 Å². The lowest BCUT2D eigenvalue weighted by molar-refractivity contribution is -0.111. The summed E-state index contributed by atoms with van der Waals surface area (Å²) in [4.78, 5) is 17.7. The molecule has 35 heavy (non-hydrogen) atoms. The smallest absolute Gasteiger partial charge is 0.247 e. The Bertz CT molecular complexity index is 1410. The van der Waals surface area contributed by atoms with Crippen molar-refractivity contribution in [1.82, 2.24) is 14.8 Å². The van der Waals surface area contributed by atoms with E-state index in [1.807, 2.05) is 6.07 Å². The SMILES string of the molecule is C=CC(=O)Nc1cccc(-n2ncc3cnc(Nc4ccc(N5CCOCC5)c(F)c4F)cc32)c1. The van der Waals surface area contributed by atoms with Crippen LogP contribution in [0, 0.1) is 11.6 Å². The lowest BCUT2D eigenvalue weighted by Crippen LogP contribution is -2.36. The van der Waals surface area contributed by atoms with E-state index in [0.29, 0.717) is 49.0 Å². The fourth-order valence-electron chi connectivity index (χ4n) is 3.93. The monoisotopic (exact) mass is 476 g/mol. The van der Waals surface area contributed by atoms with Crippen LogP contribution in [-0.2, 0) is 9.53 Å². The highest BCUT2D eigenvalue weighted by atomic mass is 19.2. The van der Waals surface area contributed by atoms with Crippen LogP contribution in [0.5, 0.6) is 0 Å². The van der Waals surface area contributed by atoms with Crippen LogP contribution in [0.2, 0.25) is 0 Å². The molecule has 2 N–H and O–H groups in total. The molecule has 8 nitrogen and oxygen atoms in total. The van der Waals surface area contributed by atoms with E-state index in [1.165, 1.54) is 12.1 Å². The topological polar surface area (TPSA) is 84.3 Å². The van der Waals surface area contributed by atoms with Gasteiger partial charge in [-0.1, -0.05) is 12.6 Å². The van der Waals surface area contributed by atoms with Crippen molar-refractivity contribution in [2.45, 2.75) is 0 Å². The molecule has 4 aromatic rings. The zero-order valence-corrected chi connectivity index (χ0v) is 18.7. The second kappa shape index (κ2) is 9.51. The number of pyridine rings is 1. The number of carbonyl (C=O) groups excluding carboxylic acids is 1. The Morgan fingerprint density at radius 3 is 2.71 bits per heavy atom. The van der Waals surface area contributed by atoms with E-state index in [2.05, 4.69) is 27.3 Å². The predicted molar refractivity (Wildman–Crippen MR) is 130 cm³/mol. The zero-order chi connectivity index (χ0) is 24.4. The summed E-state index contributed by atoms with van der Waals surface area (Å²) < 4.78 is 36.7. The number of nitrogens with zero attached hydrogens (tertiary/aromatic N) is 4. The van der Waals surface area contributed by atoms with Gasteiger partial charge >= 0.3 is 0 Å². The largest absolute Gasteiger partial charge is 0.378 e. The van der Waals surface area contributed by atoms with E-state index >= 15 is 0 Å². The molecule has 0 spiro atoms. The third-order valence-corrected chi connectivity index (χ3v) is 5.67. The number of hydrogen-bond donors (Lipinski definition) is 2. The normalized spacial score (nSPS) is 13.6. The van der Waals surface area contributed by atoms with Gasteiger partial charge in [0.25, 0.3) is 0 Å². The maximum absolute atomic E-state index is 14.9. The van der Waals surface area contributed by atoms with Crippen molar-refractivity contribution in [1.29, 1.82) is 0 Å². The van der Waals surface area contributed by atoms with Crippen LogP contribution in [0.1, 0.15) is 0 Å². The highest BCUT2D eigenvalue weighted by Gasteiger charge is 2.20. The first-order valence-corrected chi connectivity index (χ1v) is 11.0. The van der Waals surface area contributed by atoms with Crippen molar-refractivity contribution in [3.8, 4) is 5.69 Å². The summed E-state index contributed by atoms with van der Waals surface area (Å²) in [7, 11) is 0. The predicted octanol–water partition coefficient (Wildman–Crippen LogP) is 4.40. The first-order valence-electron chi connectivity index (χ1n) is 11.0. The molecule has 10 heteroatoms. The molecule has 1 fully saturated rings. The Morgan fingerprint density at radius 2 is 1.91 bits per heavy atom. The summed E-state index contributed by atoms with van der Waals surface area (Å²) in [6.45, 7) is 5.41. The van der Waals surface area contributed by atoms with Crippen molar-refractivity contribution in [2.75, 3.05) is 41.8 Å². The molecule has 1 aliphatic rings. The van der Waals surface area contributed by atoms with Gasteiger partial charge in [-0.15, -0.1) is 0 Å². The van der Waals surface area contributed by atoms with Crippen molar-refractivity contribution in [2.24, 2.45) is 0 Å². The molecule has 2 aromatic carbocycles. The summed E-state index contributed by atoms with van der Waals surface area (Å²) in [6.07, 6.45) is 4.44. The van der Waals surface area contributed by atoms with Crippen LogP contribution in [0.25, 0.3) is 16.6 Å². The number of amides is 1. The number of anilines is 4. The van der Waals surface area contributed by atoms with Crippen molar-refractivity contribution in [3.05, 3.63) is 79.1 Å². The summed E-state index contributed by atoms with van der Waals surface area (Å²) in [5, 5.41) is 10.8. The molecule has 0 radical (unpaired) electrons. The van der Waals surface area contributed by atoms with Crippen LogP contribution in [0.4, 0.5) is 31.7 Å². The van der Waals surface area contributed by atoms with Gasteiger partial charge in [-0.3, -0.25) is 4.79 Å². The zero-order valence-electron chi connectivity index (χ0n) is 18.7. The summed E-state index contributed by atoms with van der Waals surface area (Å²) >= 11 is 0. The third-order valence-electron chi connectivity index (χ3n) is 5.67. The van der Waals surface area contributed by atoms with Gasteiger partial charge in [-0.05, 0) is 36.4 Å². The van der Waals surface area contributed by atoms with Crippen LogP contribution >= 0.6 is 0 Å². The van der Waals surface area contributed by atoms with Crippen LogP contribution in [0.15, 0.2) is 67.5 Å². The molecule has 0 bridgehead atoms. The van der Waals surface area contributed by atoms with E-state index in [1.54, 1.807) is 52.3 Å². The molecule has 5 rings (SSSR count). The Hall–Kier alpha value is -4.31. The van der Waals surface area contributed by atoms with Crippen molar-refractivity contribution in [3.63, 3.8) is 0 Å². The summed E-state index contributed by atoms with van der Waals surface area (Å²) in [5.74, 6) is -1.89. The van der Waals surface area contributed by atoms with E-state index in [4.69, 9.17) is 4.74 Å². The molecule has 1 amide bonds. The van der Waals surface area contributed by atoms with Gasteiger partial charge in [0.1, 0.15) is 5.82 Å². The maximum atomic E-state index is 14.9. The number of fused-ring (bicyclic) bond motifs is 1. The Balaban J connectivity index is 1.44. The highest BCUT2D eigenvalue weighted by molar-refractivity contribution is 5.99. The van der Waals surface area contributed by atoms with E-state index in [9.17, 15) is 13.6 Å². The fourth-order valence-corrected chi connectivity index (χ4v) is 3.93. The number of hydrogen-bond acceptors (Lipinski definition) is 6. The average Bonchev–Trinajstić information content (AvgIpc) is 3.31. The molecule has 1 saturated heterocycles. The fraction of sp³-hybridized carbons (Fsp3) is 0.160. The number of halogens is 2. The second-order valence-corrected chi connectivity index (χ2v) is 7.91. The number of rotatable bonds is 6. The highest BCUT2D eigenvalue weighted by Crippen LogP contribution is 2.30. The molecule has 178 valence electrons. The number of benzene rings is 2. The van der Waals surface area contributed by atoms with Gasteiger partial charge < -0.3 is 20.3 Å². The third kappa shape index (κ3) is 4.56. The number of nitrogens with one attached hydrogen (secondary N) is 2.